The number of hydrogen-bond acceptors (Lipinski definition) is 2. The zero-order valence-corrected chi connectivity index (χ0v) is 7.40. The fourth-order valence-corrected chi connectivity index (χ4v) is 1.73. The highest BCUT2D eigenvalue weighted by molar-refractivity contribution is 5.24. The van der Waals surface area contributed by atoms with E-state index in [9.17, 15) is 13.2 Å². The van der Waals surface area contributed by atoms with Gasteiger partial charge in [0.25, 0.3) is 0 Å². The van der Waals surface area contributed by atoms with Crippen LogP contribution in [0.1, 0.15) is 30.2 Å². The number of hydrogen-bond donors (Lipinski definition) is 1. The molecule has 0 bridgehead atoms. The van der Waals surface area contributed by atoms with Gasteiger partial charge in [0.1, 0.15) is 5.76 Å². The third kappa shape index (κ3) is 1.64. The number of alkyl halides is 3. The van der Waals surface area contributed by atoms with E-state index in [1.165, 1.54) is 0 Å². The van der Waals surface area contributed by atoms with Crippen molar-refractivity contribution in [1.29, 1.82) is 0 Å². The second-order valence-electron chi connectivity index (χ2n) is 3.35. The van der Waals surface area contributed by atoms with Gasteiger partial charge in [0.05, 0.1) is 17.9 Å². The van der Waals surface area contributed by atoms with Crippen molar-refractivity contribution in [3.05, 3.63) is 23.7 Å². The van der Waals surface area contributed by atoms with Gasteiger partial charge >= 0.3 is 6.18 Å². The second-order valence-corrected chi connectivity index (χ2v) is 3.35. The summed E-state index contributed by atoms with van der Waals surface area (Å²) < 4.78 is 42.2. The summed E-state index contributed by atoms with van der Waals surface area (Å²) in [7, 11) is 0. The molecule has 0 spiro atoms. The standard InChI is InChI=1S/C9H10F3NO/c10-9(11,12)6-3-5-14-8(6)7-2-1-4-13-7/h3,5,7,13H,1-2,4H2/t7-/m1/s1. The van der Waals surface area contributed by atoms with Gasteiger partial charge in [-0.3, -0.25) is 0 Å². The largest absolute Gasteiger partial charge is 0.467 e. The molecule has 1 fully saturated rings. The van der Waals surface area contributed by atoms with Crippen LogP contribution in [0, 0.1) is 0 Å². The molecular formula is C9H10F3NO. The molecule has 2 rings (SSSR count). The fraction of sp³-hybridized carbons (Fsp3) is 0.556. The lowest BCUT2D eigenvalue weighted by Gasteiger charge is -2.11. The Morgan fingerprint density at radius 3 is 2.79 bits per heavy atom. The van der Waals surface area contributed by atoms with E-state index in [1.54, 1.807) is 0 Å². The van der Waals surface area contributed by atoms with Gasteiger partial charge in [-0.1, -0.05) is 0 Å². The van der Waals surface area contributed by atoms with E-state index < -0.39 is 11.7 Å². The molecule has 1 saturated heterocycles. The van der Waals surface area contributed by atoms with Gasteiger partial charge in [0, 0.05) is 0 Å². The molecule has 14 heavy (non-hydrogen) atoms. The van der Waals surface area contributed by atoms with E-state index in [0.717, 1.165) is 25.3 Å². The van der Waals surface area contributed by atoms with Gasteiger partial charge in [0.2, 0.25) is 0 Å². The van der Waals surface area contributed by atoms with Crippen molar-refractivity contribution in [2.45, 2.75) is 25.1 Å². The van der Waals surface area contributed by atoms with Crippen molar-refractivity contribution in [3.63, 3.8) is 0 Å². The summed E-state index contributed by atoms with van der Waals surface area (Å²) in [6.07, 6.45) is -1.62. The van der Waals surface area contributed by atoms with E-state index in [2.05, 4.69) is 5.32 Å². The highest BCUT2D eigenvalue weighted by Crippen LogP contribution is 2.37. The molecule has 1 aromatic heterocycles. The van der Waals surface area contributed by atoms with Crippen LogP contribution in [0.15, 0.2) is 16.7 Å². The van der Waals surface area contributed by atoms with Crippen LogP contribution in [0.25, 0.3) is 0 Å². The van der Waals surface area contributed by atoms with E-state index in [0.29, 0.717) is 6.42 Å². The maximum Gasteiger partial charge on any atom is 0.419 e. The Bertz CT molecular complexity index is 312. The number of furan rings is 1. The maximum absolute atomic E-state index is 12.4. The molecular weight excluding hydrogens is 195 g/mol. The highest BCUT2D eigenvalue weighted by Gasteiger charge is 2.38. The second kappa shape index (κ2) is 3.31. The Morgan fingerprint density at radius 2 is 2.21 bits per heavy atom. The summed E-state index contributed by atoms with van der Waals surface area (Å²) in [5.41, 5.74) is -0.656. The molecule has 0 unspecified atom stereocenters. The average Bonchev–Trinajstić information content (AvgIpc) is 2.73. The monoisotopic (exact) mass is 205 g/mol. The molecule has 0 aromatic carbocycles. The van der Waals surface area contributed by atoms with Gasteiger partial charge < -0.3 is 9.73 Å². The Hall–Kier alpha value is -0.970. The van der Waals surface area contributed by atoms with E-state index in [1.807, 2.05) is 0 Å². The third-order valence-electron chi connectivity index (χ3n) is 2.38. The zero-order valence-electron chi connectivity index (χ0n) is 7.40. The van der Waals surface area contributed by atoms with Crippen LogP contribution >= 0.6 is 0 Å². The lowest BCUT2D eigenvalue weighted by atomic mass is 10.1. The fourth-order valence-electron chi connectivity index (χ4n) is 1.73. The smallest absolute Gasteiger partial charge is 0.419 e. The van der Waals surface area contributed by atoms with E-state index in [4.69, 9.17) is 4.42 Å². The molecule has 5 heteroatoms. The first-order valence-corrected chi connectivity index (χ1v) is 4.47. The summed E-state index contributed by atoms with van der Waals surface area (Å²) >= 11 is 0. The van der Waals surface area contributed by atoms with Crippen molar-refractivity contribution in [1.82, 2.24) is 5.32 Å². The van der Waals surface area contributed by atoms with Crippen LogP contribution in [0.2, 0.25) is 0 Å². The molecule has 2 nitrogen and oxygen atoms in total. The molecule has 0 saturated carbocycles. The Morgan fingerprint density at radius 1 is 1.43 bits per heavy atom. The van der Waals surface area contributed by atoms with Gasteiger partial charge in [-0.05, 0) is 25.5 Å². The topological polar surface area (TPSA) is 25.2 Å². The number of rotatable bonds is 1. The normalized spacial score (nSPS) is 22.9. The van der Waals surface area contributed by atoms with Crippen molar-refractivity contribution in [3.8, 4) is 0 Å². The van der Waals surface area contributed by atoms with Crippen LogP contribution in [-0.4, -0.2) is 6.54 Å². The molecule has 1 atom stereocenters. The summed E-state index contributed by atoms with van der Waals surface area (Å²) in [5.74, 6) is 0.0231. The molecule has 1 aliphatic rings. The molecule has 1 aromatic rings. The van der Waals surface area contributed by atoms with Crippen molar-refractivity contribution in [2.75, 3.05) is 6.54 Å². The van der Waals surface area contributed by atoms with Gasteiger partial charge in [-0.15, -0.1) is 0 Å². The first-order chi connectivity index (χ1) is 6.59. The SMILES string of the molecule is FC(F)(F)c1ccoc1[C@H]1CCCN1. The predicted octanol–water partition coefficient (Wildman–Crippen LogP) is 2.72. The Kier molecular flexibility index (Phi) is 2.26. The minimum atomic E-state index is -4.31. The molecule has 2 heterocycles. The van der Waals surface area contributed by atoms with Gasteiger partial charge in [-0.2, -0.15) is 13.2 Å². The summed E-state index contributed by atoms with van der Waals surface area (Å²) in [6, 6.07) is 0.705. The van der Waals surface area contributed by atoms with Crippen LogP contribution in [0.4, 0.5) is 13.2 Å². The van der Waals surface area contributed by atoms with Crippen molar-refractivity contribution < 1.29 is 17.6 Å². The van der Waals surface area contributed by atoms with Crippen LogP contribution in [0.5, 0.6) is 0 Å². The summed E-state index contributed by atoms with van der Waals surface area (Å²) in [4.78, 5) is 0. The highest BCUT2D eigenvalue weighted by atomic mass is 19.4. The average molecular weight is 205 g/mol. The van der Waals surface area contributed by atoms with Crippen LogP contribution < -0.4 is 5.32 Å². The van der Waals surface area contributed by atoms with E-state index in [-0.39, 0.29) is 11.8 Å². The van der Waals surface area contributed by atoms with Gasteiger partial charge in [-0.25, -0.2) is 0 Å². The Balaban J connectivity index is 2.29. The minimum Gasteiger partial charge on any atom is -0.467 e. The van der Waals surface area contributed by atoms with E-state index >= 15 is 0 Å². The predicted molar refractivity (Wildman–Crippen MR) is 43.7 cm³/mol. The molecule has 1 N–H and O–H groups in total. The molecule has 1 aliphatic heterocycles. The molecule has 0 amide bonds. The number of nitrogens with one attached hydrogen (secondary N) is 1. The van der Waals surface area contributed by atoms with Gasteiger partial charge in [0.15, 0.2) is 0 Å². The third-order valence-corrected chi connectivity index (χ3v) is 2.38. The lowest BCUT2D eigenvalue weighted by Crippen LogP contribution is -2.16. The zero-order chi connectivity index (χ0) is 10.2. The molecule has 0 radical (unpaired) electrons. The lowest BCUT2D eigenvalue weighted by molar-refractivity contribution is -0.139. The first kappa shape index (κ1) is 9.58. The molecule has 0 aliphatic carbocycles. The first-order valence-electron chi connectivity index (χ1n) is 4.47. The van der Waals surface area contributed by atoms with Crippen molar-refractivity contribution in [2.24, 2.45) is 0 Å². The summed E-state index contributed by atoms with van der Waals surface area (Å²) in [6.45, 7) is 0.753. The van der Waals surface area contributed by atoms with Crippen molar-refractivity contribution >= 4 is 0 Å². The minimum absolute atomic E-state index is 0.0231. The Labute approximate surface area is 79.1 Å². The molecule has 78 valence electrons. The van der Waals surface area contributed by atoms with Crippen LogP contribution in [-0.2, 0) is 6.18 Å². The summed E-state index contributed by atoms with van der Waals surface area (Å²) in [5, 5.41) is 2.98. The maximum atomic E-state index is 12.4. The quantitative estimate of drug-likeness (QED) is 0.762. The number of halogens is 3. The van der Waals surface area contributed by atoms with Crippen LogP contribution in [0.3, 0.4) is 0 Å².